The van der Waals surface area contributed by atoms with E-state index < -0.39 is 0 Å². The second kappa shape index (κ2) is 15.6. The van der Waals surface area contributed by atoms with Gasteiger partial charge in [0, 0.05) is 13.7 Å². The fourth-order valence-corrected chi connectivity index (χ4v) is 0.289. The van der Waals surface area contributed by atoms with E-state index in [-0.39, 0.29) is 24.8 Å². The molecule has 0 aromatic carbocycles. The maximum Gasteiger partial charge on any atom is 0.0462 e. The van der Waals surface area contributed by atoms with Crippen LogP contribution < -0.4 is 0 Å². The van der Waals surface area contributed by atoms with Crippen LogP contribution in [0.2, 0.25) is 0 Å². The molecule has 0 saturated carbocycles. The third-order valence-corrected chi connectivity index (χ3v) is 0.702. The Morgan fingerprint density at radius 2 is 1.75 bits per heavy atom. The first-order valence-corrected chi connectivity index (χ1v) is 2.40. The summed E-state index contributed by atoms with van der Waals surface area (Å²) in [5.41, 5.74) is 0. The summed E-state index contributed by atoms with van der Waals surface area (Å²) in [6.45, 7) is 3.07. The second-order valence-electron chi connectivity index (χ2n) is 1.35. The van der Waals surface area contributed by atoms with Crippen molar-refractivity contribution in [1.29, 1.82) is 0 Å². The highest BCUT2D eigenvalue weighted by Crippen LogP contribution is 1.83. The van der Waals surface area contributed by atoms with E-state index in [2.05, 4.69) is 6.92 Å². The molecule has 0 saturated heterocycles. The Morgan fingerprint density at radius 1 is 1.25 bits per heavy atom. The van der Waals surface area contributed by atoms with E-state index >= 15 is 0 Å². The molecule has 0 N–H and O–H groups in total. The topological polar surface area (TPSA) is 9.23 Å². The van der Waals surface area contributed by atoms with E-state index in [9.17, 15) is 0 Å². The Kier molecular flexibility index (Phi) is 30.9. The zero-order valence-electron chi connectivity index (χ0n) is 5.35. The van der Waals surface area contributed by atoms with Gasteiger partial charge in [0.05, 0.1) is 0 Å². The van der Waals surface area contributed by atoms with Crippen LogP contribution in [0, 0.1) is 0 Å². The van der Waals surface area contributed by atoms with Crippen LogP contribution in [0.15, 0.2) is 0 Å². The van der Waals surface area contributed by atoms with Crippen LogP contribution in [-0.2, 0) is 4.74 Å². The number of methoxy groups -OCH3 is 1. The lowest BCUT2D eigenvalue weighted by Gasteiger charge is -1.89. The van der Waals surface area contributed by atoms with Gasteiger partial charge in [0.15, 0.2) is 0 Å². The van der Waals surface area contributed by atoms with E-state index in [0.29, 0.717) is 0 Å². The first kappa shape index (κ1) is 15.8. The zero-order valence-corrected chi connectivity index (χ0v) is 6.98. The number of halogens is 2. The van der Waals surface area contributed by atoms with Crippen LogP contribution in [0.1, 0.15) is 19.8 Å². The Labute approximate surface area is 63.6 Å². The molecule has 0 heterocycles. The Hall–Kier alpha value is 0.540. The Balaban J connectivity index is -0.000000125. The lowest BCUT2D eigenvalue weighted by molar-refractivity contribution is 0.194. The molecule has 0 rings (SSSR count). The maximum absolute atomic E-state index is 4.78. The number of rotatable bonds is 3. The first-order chi connectivity index (χ1) is 2.91. The van der Waals surface area contributed by atoms with Crippen molar-refractivity contribution in [2.24, 2.45) is 0 Å². The third-order valence-electron chi connectivity index (χ3n) is 0.702. The van der Waals surface area contributed by atoms with Crippen LogP contribution in [0.5, 0.6) is 0 Å². The normalized spacial score (nSPS) is 6.75. The minimum atomic E-state index is 0. The van der Waals surface area contributed by atoms with Crippen molar-refractivity contribution < 1.29 is 4.74 Å². The Morgan fingerprint density at radius 3 is 1.88 bits per heavy atom. The largest absolute Gasteiger partial charge is 0.385 e. The summed E-state index contributed by atoms with van der Waals surface area (Å²) in [4.78, 5) is 0. The fourth-order valence-electron chi connectivity index (χ4n) is 0.289. The standard InChI is InChI=1S/C5H12O.2ClH/c1-3-4-5-6-2;;/h3-5H2,1-2H3;2*1H. The van der Waals surface area contributed by atoms with Crippen LogP contribution in [-0.4, -0.2) is 13.7 Å². The summed E-state index contributed by atoms with van der Waals surface area (Å²) >= 11 is 0. The van der Waals surface area contributed by atoms with Crippen LogP contribution in [0.25, 0.3) is 0 Å². The molecule has 54 valence electrons. The van der Waals surface area contributed by atoms with Crippen molar-refractivity contribution in [2.75, 3.05) is 13.7 Å². The highest BCUT2D eigenvalue weighted by molar-refractivity contribution is 5.85. The van der Waals surface area contributed by atoms with E-state index in [1.54, 1.807) is 7.11 Å². The van der Waals surface area contributed by atoms with Gasteiger partial charge < -0.3 is 4.74 Å². The van der Waals surface area contributed by atoms with Gasteiger partial charge in [-0.15, -0.1) is 24.8 Å². The van der Waals surface area contributed by atoms with Crippen molar-refractivity contribution in [3.63, 3.8) is 0 Å². The molecule has 1 nitrogen and oxygen atoms in total. The van der Waals surface area contributed by atoms with Crippen molar-refractivity contribution in [2.45, 2.75) is 19.8 Å². The lowest BCUT2D eigenvalue weighted by atomic mass is 10.4. The molecule has 0 aliphatic carbocycles. The van der Waals surface area contributed by atoms with Crippen molar-refractivity contribution >= 4 is 24.8 Å². The third kappa shape index (κ3) is 16.0. The molecule has 0 bridgehead atoms. The average Bonchev–Trinajstić information content (AvgIpc) is 1.61. The van der Waals surface area contributed by atoms with Crippen LogP contribution >= 0.6 is 24.8 Å². The number of hydrogen-bond acceptors (Lipinski definition) is 1. The first-order valence-electron chi connectivity index (χ1n) is 2.40. The quantitative estimate of drug-likeness (QED) is 0.577. The number of ether oxygens (including phenoxy) is 1. The van der Waals surface area contributed by atoms with Crippen molar-refractivity contribution in [1.82, 2.24) is 0 Å². The molecular formula is C5H14Cl2O. The van der Waals surface area contributed by atoms with Crippen molar-refractivity contribution in [3.05, 3.63) is 0 Å². The zero-order chi connectivity index (χ0) is 4.83. The van der Waals surface area contributed by atoms with Gasteiger partial charge in [-0.1, -0.05) is 13.3 Å². The van der Waals surface area contributed by atoms with E-state index in [4.69, 9.17) is 4.74 Å². The van der Waals surface area contributed by atoms with Gasteiger partial charge in [-0.3, -0.25) is 0 Å². The SMILES string of the molecule is CCCCOC.Cl.Cl. The molecule has 0 amide bonds. The molecule has 0 aromatic rings. The Bertz CT molecular complexity index is 22.4. The molecule has 0 atom stereocenters. The molecule has 8 heavy (non-hydrogen) atoms. The highest BCUT2D eigenvalue weighted by atomic mass is 35.5. The van der Waals surface area contributed by atoms with Gasteiger partial charge in [-0.2, -0.15) is 0 Å². The van der Waals surface area contributed by atoms with Crippen LogP contribution in [0.3, 0.4) is 0 Å². The molecule has 0 aromatic heterocycles. The average molecular weight is 161 g/mol. The monoisotopic (exact) mass is 160 g/mol. The molecule has 0 unspecified atom stereocenters. The van der Waals surface area contributed by atoms with Gasteiger partial charge >= 0.3 is 0 Å². The molecule has 0 aliphatic heterocycles. The van der Waals surface area contributed by atoms with Crippen LogP contribution in [0.4, 0.5) is 0 Å². The highest BCUT2D eigenvalue weighted by Gasteiger charge is 1.74. The summed E-state index contributed by atoms with van der Waals surface area (Å²) in [7, 11) is 1.73. The maximum atomic E-state index is 4.78. The summed E-state index contributed by atoms with van der Waals surface area (Å²) in [5.74, 6) is 0. The second-order valence-corrected chi connectivity index (χ2v) is 1.35. The minimum Gasteiger partial charge on any atom is -0.385 e. The summed E-state index contributed by atoms with van der Waals surface area (Å²) < 4.78 is 4.78. The predicted molar refractivity (Wildman–Crippen MR) is 41.3 cm³/mol. The summed E-state index contributed by atoms with van der Waals surface area (Å²) in [6.07, 6.45) is 2.42. The minimum absolute atomic E-state index is 0. The number of hydrogen-bond donors (Lipinski definition) is 0. The smallest absolute Gasteiger partial charge is 0.0462 e. The van der Waals surface area contributed by atoms with Gasteiger partial charge in [-0.25, -0.2) is 0 Å². The van der Waals surface area contributed by atoms with E-state index in [1.165, 1.54) is 12.8 Å². The molecule has 0 aliphatic rings. The molecule has 0 fully saturated rings. The molecule has 3 heteroatoms. The predicted octanol–water partition coefficient (Wildman–Crippen LogP) is 2.28. The summed E-state index contributed by atoms with van der Waals surface area (Å²) in [6, 6.07) is 0. The van der Waals surface area contributed by atoms with Gasteiger partial charge in [-0.05, 0) is 6.42 Å². The molecule has 0 radical (unpaired) electrons. The van der Waals surface area contributed by atoms with Gasteiger partial charge in [0.2, 0.25) is 0 Å². The molecule has 0 spiro atoms. The lowest BCUT2D eigenvalue weighted by Crippen LogP contribution is -1.84. The number of unbranched alkanes of at least 4 members (excludes halogenated alkanes) is 1. The van der Waals surface area contributed by atoms with Gasteiger partial charge in [0.1, 0.15) is 0 Å². The molecular weight excluding hydrogens is 147 g/mol. The van der Waals surface area contributed by atoms with E-state index in [1.807, 2.05) is 0 Å². The fraction of sp³-hybridized carbons (Fsp3) is 1.00. The van der Waals surface area contributed by atoms with E-state index in [0.717, 1.165) is 6.61 Å². The van der Waals surface area contributed by atoms with Gasteiger partial charge in [0.25, 0.3) is 0 Å². The summed E-state index contributed by atoms with van der Waals surface area (Å²) in [5, 5.41) is 0. The van der Waals surface area contributed by atoms with Crippen molar-refractivity contribution in [3.8, 4) is 0 Å².